The third-order valence-corrected chi connectivity index (χ3v) is 2.61. The molecule has 1 fully saturated rings. The minimum Gasteiger partial charge on any atom is -0.336 e. The first-order valence-electron chi connectivity index (χ1n) is 5.17. The first-order valence-corrected chi connectivity index (χ1v) is 5.17. The van der Waals surface area contributed by atoms with E-state index in [0.29, 0.717) is 0 Å². The zero-order valence-electron chi connectivity index (χ0n) is 8.61. The van der Waals surface area contributed by atoms with Crippen LogP contribution in [0.1, 0.15) is 23.2 Å². The SMILES string of the molecule is N#CC(NC(=O)c1cccc(F)c1)C1CC1. The predicted octanol–water partition coefficient (Wildman–Crippen LogP) is 1.86. The average Bonchev–Trinajstić information content (AvgIpc) is 3.09. The van der Waals surface area contributed by atoms with Crippen LogP contribution in [0.4, 0.5) is 4.39 Å². The van der Waals surface area contributed by atoms with Gasteiger partial charge >= 0.3 is 0 Å². The number of hydrogen-bond donors (Lipinski definition) is 1. The van der Waals surface area contributed by atoms with Crippen LogP contribution in [0.15, 0.2) is 24.3 Å². The maximum Gasteiger partial charge on any atom is 0.252 e. The summed E-state index contributed by atoms with van der Waals surface area (Å²) in [4.78, 5) is 11.7. The van der Waals surface area contributed by atoms with Crippen molar-refractivity contribution in [2.45, 2.75) is 18.9 Å². The number of nitrogens with one attached hydrogen (secondary N) is 1. The fraction of sp³-hybridized carbons (Fsp3) is 0.333. The highest BCUT2D eigenvalue weighted by molar-refractivity contribution is 5.94. The Morgan fingerprint density at radius 3 is 2.88 bits per heavy atom. The van der Waals surface area contributed by atoms with Crippen molar-refractivity contribution in [3.05, 3.63) is 35.6 Å². The van der Waals surface area contributed by atoms with Crippen molar-refractivity contribution in [3.63, 3.8) is 0 Å². The number of rotatable bonds is 3. The summed E-state index contributed by atoms with van der Waals surface area (Å²) in [5.41, 5.74) is 0.251. The highest BCUT2D eigenvalue weighted by Crippen LogP contribution is 2.32. The molecule has 0 aliphatic heterocycles. The van der Waals surface area contributed by atoms with Gasteiger partial charge in [0.25, 0.3) is 5.91 Å². The molecule has 1 amide bonds. The molecule has 1 aromatic carbocycles. The summed E-state index contributed by atoms with van der Waals surface area (Å²) >= 11 is 0. The maximum absolute atomic E-state index is 12.9. The summed E-state index contributed by atoms with van der Waals surface area (Å²) in [5.74, 6) is -0.576. The van der Waals surface area contributed by atoms with E-state index in [0.717, 1.165) is 18.9 Å². The Labute approximate surface area is 92.9 Å². The van der Waals surface area contributed by atoms with E-state index in [4.69, 9.17) is 5.26 Å². The molecule has 0 heterocycles. The van der Waals surface area contributed by atoms with Crippen LogP contribution >= 0.6 is 0 Å². The number of carbonyl (C=O) groups excluding carboxylic acids is 1. The lowest BCUT2D eigenvalue weighted by Gasteiger charge is -2.10. The van der Waals surface area contributed by atoms with Crippen LogP contribution in [-0.2, 0) is 0 Å². The quantitative estimate of drug-likeness (QED) is 0.841. The molecule has 0 spiro atoms. The molecule has 1 N–H and O–H groups in total. The standard InChI is InChI=1S/C12H11FN2O/c13-10-3-1-2-9(6-10)12(16)15-11(7-14)8-4-5-8/h1-3,6,8,11H,4-5H2,(H,15,16). The predicted molar refractivity (Wildman–Crippen MR) is 56.0 cm³/mol. The fourth-order valence-corrected chi connectivity index (χ4v) is 1.54. The van der Waals surface area contributed by atoms with Crippen LogP contribution in [-0.4, -0.2) is 11.9 Å². The van der Waals surface area contributed by atoms with Crippen LogP contribution in [0.3, 0.4) is 0 Å². The van der Waals surface area contributed by atoms with Gasteiger partial charge in [-0.25, -0.2) is 4.39 Å². The number of nitrogens with zero attached hydrogens (tertiary/aromatic N) is 1. The van der Waals surface area contributed by atoms with Crippen molar-refractivity contribution >= 4 is 5.91 Å². The molecule has 0 saturated heterocycles. The van der Waals surface area contributed by atoms with E-state index in [1.165, 1.54) is 18.2 Å². The Bertz CT molecular complexity index is 449. The van der Waals surface area contributed by atoms with Crippen molar-refractivity contribution in [2.24, 2.45) is 5.92 Å². The van der Waals surface area contributed by atoms with Crippen molar-refractivity contribution in [2.75, 3.05) is 0 Å². The summed E-state index contributed by atoms with van der Waals surface area (Å²) < 4.78 is 12.9. The summed E-state index contributed by atoms with van der Waals surface area (Å²) in [6.07, 6.45) is 1.95. The number of benzene rings is 1. The van der Waals surface area contributed by atoms with Crippen LogP contribution in [0, 0.1) is 23.1 Å². The first-order chi connectivity index (χ1) is 7.70. The lowest BCUT2D eigenvalue weighted by molar-refractivity contribution is 0.0941. The molecule has 82 valence electrons. The molecule has 1 saturated carbocycles. The lowest BCUT2D eigenvalue weighted by Crippen LogP contribution is -2.35. The zero-order valence-corrected chi connectivity index (χ0v) is 8.61. The van der Waals surface area contributed by atoms with Gasteiger partial charge in [-0.1, -0.05) is 6.07 Å². The van der Waals surface area contributed by atoms with Gasteiger partial charge in [-0.2, -0.15) is 5.26 Å². The van der Waals surface area contributed by atoms with Gasteiger partial charge in [0.05, 0.1) is 6.07 Å². The smallest absolute Gasteiger partial charge is 0.252 e. The van der Waals surface area contributed by atoms with Gasteiger partial charge in [0.2, 0.25) is 0 Å². The molecule has 1 unspecified atom stereocenters. The molecule has 1 aliphatic rings. The van der Waals surface area contributed by atoms with E-state index in [1.54, 1.807) is 0 Å². The van der Waals surface area contributed by atoms with Crippen molar-refractivity contribution in [1.29, 1.82) is 5.26 Å². The van der Waals surface area contributed by atoms with Gasteiger partial charge in [0.15, 0.2) is 0 Å². The second-order valence-electron chi connectivity index (χ2n) is 3.93. The summed E-state index contributed by atoms with van der Waals surface area (Å²) in [6.45, 7) is 0. The average molecular weight is 218 g/mol. The number of hydrogen-bond acceptors (Lipinski definition) is 2. The Morgan fingerprint density at radius 1 is 1.56 bits per heavy atom. The molecule has 2 rings (SSSR count). The number of halogens is 1. The fourth-order valence-electron chi connectivity index (χ4n) is 1.54. The van der Waals surface area contributed by atoms with E-state index >= 15 is 0 Å². The Morgan fingerprint density at radius 2 is 2.31 bits per heavy atom. The second kappa shape index (κ2) is 4.31. The highest BCUT2D eigenvalue weighted by atomic mass is 19.1. The van der Waals surface area contributed by atoms with Gasteiger partial charge in [-0.05, 0) is 37.0 Å². The van der Waals surface area contributed by atoms with Crippen LogP contribution in [0.2, 0.25) is 0 Å². The van der Waals surface area contributed by atoms with Gasteiger partial charge in [-0.3, -0.25) is 4.79 Å². The molecule has 1 atom stereocenters. The summed E-state index contributed by atoms with van der Waals surface area (Å²) in [7, 11) is 0. The van der Waals surface area contributed by atoms with Crippen molar-refractivity contribution in [3.8, 4) is 6.07 Å². The molecule has 0 bridgehead atoms. The monoisotopic (exact) mass is 218 g/mol. The highest BCUT2D eigenvalue weighted by Gasteiger charge is 2.32. The zero-order chi connectivity index (χ0) is 11.5. The molecule has 1 aliphatic carbocycles. The Kier molecular flexibility index (Phi) is 2.86. The lowest BCUT2D eigenvalue weighted by atomic mass is 10.1. The molecular weight excluding hydrogens is 207 g/mol. The Hall–Kier alpha value is -1.89. The topological polar surface area (TPSA) is 52.9 Å². The molecule has 1 aromatic rings. The van der Waals surface area contributed by atoms with E-state index in [9.17, 15) is 9.18 Å². The van der Waals surface area contributed by atoms with Crippen LogP contribution in [0.5, 0.6) is 0 Å². The molecule has 3 nitrogen and oxygen atoms in total. The molecule has 16 heavy (non-hydrogen) atoms. The van der Waals surface area contributed by atoms with E-state index < -0.39 is 17.8 Å². The summed E-state index contributed by atoms with van der Waals surface area (Å²) in [5, 5.41) is 11.5. The van der Waals surface area contributed by atoms with Gasteiger partial charge < -0.3 is 5.32 Å². The van der Waals surface area contributed by atoms with Gasteiger partial charge in [-0.15, -0.1) is 0 Å². The van der Waals surface area contributed by atoms with Crippen LogP contribution in [0.25, 0.3) is 0 Å². The van der Waals surface area contributed by atoms with Crippen molar-refractivity contribution in [1.82, 2.24) is 5.32 Å². The van der Waals surface area contributed by atoms with E-state index in [1.807, 2.05) is 0 Å². The molecule has 0 radical (unpaired) electrons. The van der Waals surface area contributed by atoms with E-state index in [2.05, 4.69) is 11.4 Å². The summed E-state index contributed by atoms with van der Waals surface area (Å²) in [6, 6.07) is 7.05. The normalized spacial score (nSPS) is 16.2. The third kappa shape index (κ3) is 2.37. The number of carbonyl (C=O) groups is 1. The minimum atomic E-state index is -0.451. The first kappa shape index (κ1) is 10.6. The second-order valence-corrected chi connectivity index (χ2v) is 3.93. The maximum atomic E-state index is 12.9. The molecule has 4 heteroatoms. The molecule has 0 aromatic heterocycles. The number of amides is 1. The molecular formula is C12H11FN2O. The minimum absolute atomic E-state index is 0.251. The Balaban J connectivity index is 2.05. The van der Waals surface area contributed by atoms with Crippen molar-refractivity contribution < 1.29 is 9.18 Å². The van der Waals surface area contributed by atoms with Crippen LogP contribution < -0.4 is 5.32 Å². The van der Waals surface area contributed by atoms with Gasteiger partial charge in [0.1, 0.15) is 11.9 Å². The third-order valence-electron chi connectivity index (χ3n) is 2.61. The van der Waals surface area contributed by atoms with Gasteiger partial charge in [0, 0.05) is 5.56 Å². The van der Waals surface area contributed by atoms with E-state index in [-0.39, 0.29) is 11.5 Å². The largest absolute Gasteiger partial charge is 0.336 e. The number of nitriles is 1.